The van der Waals surface area contributed by atoms with Crippen LogP contribution >= 0.6 is 22.9 Å². The number of hydrogen-bond acceptors (Lipinski definition) is 7. The Balaban J connectivity index is 1.40. The van der Waals surface area contributed by atoms with Gasteiger partial charge in [0.2, 0.25) is 0 Å². The molecule has 1 aliphatic carbocycles. The number of ether oxygens (including phenoxy) is 1. The summed E-state index contributed by atoms with van der Waals surface area (Å²) in [6.07, 6.45) is 5.94. The molecule has 6 rings (SSSR count). The summed E-state index contributed by atoms with van der Waals surface area (Å²) in [5.41, 5.74) is 5.08. The summed E-state index contributed by atoms with van der Waals surface area (Å²) in [6.45, 7) is 7.43. The van der Waals surface area contributed by atoms with Crippen LogP contribution in [-0.2, 0) is 25.0 Å². The Hall–Kier alpha value is -2.45. The van der Waals surface area contributed by atoms with Gasteiger partial charge in [-0.1, -0.05) is 22.8 Å². The van der Waals surface area contributed by atoms with Crippen molar-refractivity contribution in [2.45, 2.75) is 57.3 Å². The molecule has 0 bridgehead atoms. The lowest BCUT2D eigenvalue weighted by Gasteiger charge is -2.35. The monoisotopic (exact) mass is 495 g/mol. The van der Waals surface area contributed by atoms with Gasteiger partial charge in [0.25, 0.3) is 0 Å². The minimum atomic E-state index is -0.751. The minimum absolute atomic E-state index is 0.243. The summed E-state index contributed by atoms with van der Waals surface area (Å²) in [5, 5.41) is 19.3. The number of hydrogen-bond donors (Lipinski definition) is 2. The zero-order valence-electron chi connectivity index (χ0n) is 19.0. The number of aliphatic hydroxyl groups is 1. The smallest absolute Gasteiger partial charge is 0.182 e. The van der Waals surface area contributed by atoms with E-state index >= 15 is 0 Å². The van der Waals surface area contributed by atoms with Crippen LogP contribution in [0.2, 0.25) is 5.02 Å². The molecule has 0 unspecified atom stereocenters. The van der Waals surface area contributed by atoms with Crippen molar-refractivity contribution in [2.75, 3.05) is 6.54 Å². The van der Waals surface area contributed by atoms with Gasteiger partial charge in [-0.05, 0) is 51.1 Å². The van der Waals surface area contributed by atoms with Crippen LogP contribution < -0.4 is 10.1 Å². The van der Waals surface area contributed by atoms with Crippen molar-refractivity contribution in [1.82, 2.24) is 10.5 Å². The minimum Gasteiger partial charge on any atom is -0.481 e. The number of thiophene rings is 1. The normalized spacial score (nSPS) is 20.9. The molecule has 4 heterocycles. The highest BCUT2D eigenvalue weighted by atomic mass is 35.5. The van der Waals surface area contributed by atoms with Crippen LogP contribution in [0.15, 0.2) is 33.8 Å². The van der Waals surface area contributed by atoms with Crippen LogP contribution in [0.25, 0.3) is 5.57 Å². The lowest BCUT2D eigenvalue weighted by atomic mass is 9.79. The van der Waals surface area contributed by atoms with Crippen molar-refractivity contribution in [1.29, 1.82) is 0 Å². The molecule has 1 fully saturated rings. The van der Waals surface area contributed by atoms with E-state index in [2.05, 4.69) is 28.3 Å². The van der Waals surface area contributed by atoms with Crippen LogP contribution in [0.3, 0.4) is 0 Å². The number of aromatic nitrogens is 1. The van der Waals surface area contributed by atoms with E-state index in [0.717, 1.165) is 93.7 Å². The average Bonchev–Trinajstić information content (AvgIpc) is 3.54. The van der Waals surface area contributed by atoms with E-state index in [-0.39, 0.29) is 6.10 Å². The number of halogens is 1. The van der Waals surface area contributed by atoms with Crippen molar-refractivity contribution >= 4 is 40.9 Å². The number of fused-ring (bicyclic) bond motifs is 2. The Kier molecular flexibility index (Phi) is 5.41. The topological polar surface area (TPSA) is 79.9 Å². The van der Waals surface area contributed by atoms with Gasteiger partial charge in [0, 0.05) is 58.1 Å². The third-order valence-corrected chi connectivity index (χ3v) is 8.74. The van der Waals surface area contributed by atoms with Gasteiger partial charge in [-0.15, -0.1) is 11.3 Å². The van der Waals surface area contributed by atoms with Gasteiger partial charge >= 0.3 is 0 Å². The first-order valence-corrected chi connectivity index (χ1v) is 12.9. The van der Waals surface area contributed by atoms with E-state index in [1.165, 1.54) is 0 Å². The van der Waals surface area contributed by atoms with E-state index in [4.69, 9.17) is 20.9 Å². The Morgan fingerprint density at radius 2 is 2.24 bits per heavy atom. The van der Waals surface area contributed by atoms with Gasteiger partial charge in [0.15, 0.2) is 11.9 Å². The van der Waals surface area contributed by atoms with Crippen molar-refractivity contribution in [3.05, 3.63) is 67.2 Å². The Bertz CT molecular complexity index is 1320. The maximum absolute atomic E-state index is 10.9. The molecule has 1 saturated carbocycles. The van der Waals surface area contributed by atoms with Crippen molar-refractivity contribution in [3.8, 4) is 5.75 Å². The maximum atomic E-state index is 10.9. The number of benzene rings is 1. The largest absolute Gasteiger partial charge is 0.481 e. The fourth-order valence-electron chi connectivity index (χ4n) is 5.17. The van der Waals surface area contributed by atoms with Gasteiger partial charge in [-0.25, -0.2) is 0 Å². The highest BCUT2D eigenvalue weighted by molar-refractivity contribution is 7.14. The van der Waals surface area contributed by atoms with Crippen molar-refractivity contribution in [3.63, 3.8) is 0 Å². The summed E-state index contributed by atoms with van der Waals surface area (Å²) >= 11 is 8.16. The second kappa shape index (κ2) is 8.34. The van der Waals surface area contributed by atoms with Gasteiger partial charge in [-0.2, -0.15) is 0 Å². The molecule has 0 amide bonds. The summed E-state index contributed by atoms with van der Waals surface area (Å²) in [4.78, 5) is 6.18. The second-order valence-electron chi connectivity index (χ2n) is 9.22. The van der Waals surface area contributed by atoms with E-state index in [0.29, 0.717) is 11.4 Å². The molecule has 1 aromatic carbocycles. The van der Waals surface area contributed by atoms with Gasteiger partial charge in [0.05, 0.1) is 21.9 Å². The predicted molar refractivity (Wildman–Crippen MR) is 134 cm³/mol. The number of nitrogens with one attached hydrogen (secondary N) is 1. The standard InChI is InChI=1S/C26H26ClN3O3S/c1-3-16(25-20(28-2)12-22(34-25)26(31)6-4-7-26)17-11-15(27)9-14-10-21(32-23(14)17)24-18-13-29-8-5-19(18)30-33-24/h3,9,11-12,21,29,31H,2,4-8,10,13H2,1H3/b16-3-/t21-/m1/s1. The van der Waals surface area contributed by atoms with E-state index in [1.54, 1.807) is 11.3 Å². The molecule has 2 aromatic heterocycles. The van der Waals surface area contributed by atoms with Crippen LogP contribution in [0, 0.1) is 0 Å². The Morgan fingerprint density at radius 3 is 2.97 bits per heavy atom. The molecule has 3 aromatic rings. The molecule has 2 aliphatic heterocycles. The Labute approximate surface area is 207 Å². The van der Waals surface area contributed by atoms with Crippen LogP contribution in [0.1, 0.15) is 70.2 Å². The number of allylic oxidation sites excluding steroid dienone is 1. The molecule has 3 aliphatic rings. The zero-order valence-corrected chi connectivity index (χ0v) is 20.6. The van der Waals surface area contributed by atoms with E-state index in [9.17, 15) is 5.11 Å². The summed E-state index contributed by atoms with van der Waals surface area (Å²) in [6, 6.07) is 5.88. The summed E-state index contributed by atoms with van der Waals surface area (Å²) in [5.74, 6) is 1.60. The molecule has 0 radical (unpaired) electrons. The van der Waals surface area contributed by atoms with Crippen molar-refractivity contribution in [2.24, 2.45) is 4.99 Å². The fourth-order valence-corrected chi connectivity index (χ4v) is 6.77. The molecular formula is C26H26ClN3O3S. The second-order valence-corrected chi connectivity index (χ2v) is 10.7. The number of aliphatic imine (C=N–C) groups is 1. The van der Waals surface area contributed by atoms with Gasteiger partial charge < -0.3 is 19.7 Å². The van der Waals surface area contributed by atoms with Crippen LogP contribution in [-0.4, -0.2) is 23.5 Å². The Morgan fingerprint density at radius 1 is 1.38 bits per heavy atom. The molecule has 1 atom stereocenters. The summed E-state index contributed by atoms with van der Waals surface area (Å²) in [7, 11) is 0. The fraction of sp³-hybridized carbons (Fsp3) is 0.385. The number of nitrogens with zero attached hydrogens (tertiary/aromatic N) is 2. The van der Waals surface area contributed by atoms with Crippen LogP contribution in [0.5, 0.6) is 5.75 Å². The molecule has 176 valence electrons. The van der Waals surface area contributed by atoms with Gasteiger partial charge in [-0.3, -0.25) is 4.99 Å². The zero-order chi connectivity index (χ0) is 23.4. The first-order valence-electron chi connectivity index (χ1n) is 11.7. The predicted octanol–water partition coefficient (Wildman–Crippen LogP) is 5.87. The summed E-state index contributed by atoms with van der Waals surface area (Å²) < 4.78 is 12.3. The molecule has 0 spiro atoms. The molecular weight excluding hydrogens is 470 g/mol. The van der Waals surface area contributed by atoms with E-state index in [1.807, 2.05) is 25.1 Å². The molecule has 2 N–H and O–H groups in total. The molecule has 0 saturated heterocycles. The molecule has 6 nitrogen and oxygen atoms in total. The van der Waals surface area contributed by atoms with Gasteiger partial charge in [0.1, 0.15) is 5.75 Å². The third kappa shape index (κ3) is 3.45. The highest BCUT2D eigenvalue weighted by Gasteiger charge is 2.39. The van der Waals surface area contributed by atoms with Crippen molar-refractivity contribution < 1.29 is 14.4 Å². The average molecular weight is 496 g/mol. The lowest BCUT2D eigenvalue weighted by Crippen LogP contribution is -2.32. The quantitative estimate of drug-likeness (QED) is 0.433. The first kappa shape index (κ1) is 22.0. The van der Waals surface area contributed by atoms with E-state index < -0.39 is 5.60 Å². The SMILES string of the molecule is C=Nc1cc(C2(O)CCC2)sc1/C(=C\C)c1cc(Cl)cc2c1O[C@@H](c1onc3c1CNCC3)C2. The first-order chi connectivity index (χ1) is 16.5. The van der Waals surface area contributed by atoms with Crippen LogP contribution in [0.4, 0.5) is 5.69 Å². The third-order valence-electron chi connectivity index (χ3n) is 7.17. The highest BCUT2D eigenvalue weighted by Crippen LogP contribution is 2.51. The molecule has 34 heavy (non-hydrogen) atoms. The molecule has 8 heteroatoms. The maximum Gasteiger partial charge on any atom is 0.182 e. The lowest BCUT2D eigenvalue weighted by molar-refractivity contribution is -0.0354. The number of rotatable bonds is 5.